The fourth-order valence-electron chi connectivity index (χ4n) is 0.862. The number of hydrogen-bond acceptors (Lipinski definition) is 3. The molecule has 0 radical (unpaired) electrons. The number of para-hydroxylation sites is 1. The van der Waals surface area contributed by atoms with Crippen LogP contribution in [0.25, 0.3) is 11.2 Å². The molecule has 56 valence electrons. The van der Waals surface area contributed by atoms with Crippen LogP contribution in [0.2, 0.25) is 0 Å². The Labute approximate surface area is 69.7 Å². The second-order valence-corrected chi connectivity index (χ2v) is 2.88. The molecule has 1 heterocycles. The van der Waals surface area contributed by atoms with E-state index in [0.29, 0.717) is 11.2 Å². The van der Waals surface area contributed by atoms with Crippen molar-refractivity contribution in [3.63, 3.8) is 0 Å². The van der Waals surface area contributed by atoms with Crippen LogP contribution < -0.4 is 5.82 Å². The highest BCUT2D eigenvalue weighted by molar-refractivity contribution is 9.10. The predicted octanol–water partition coefficient (Wildman–Crippen LogP) is 2.15. The van der Waals surface area contributed by atoms with Gasteiger partial charge in [-0.05, 0) is 28.1 Å². The van der Waals surface area contributed by atoms with Crippen LogP contribution in [0.4, 0.5) is 0 Å². The van der Waals surface area contributed by atoms with Crippen molar-refractivity contribution >= 4 is 27.1 Å². The van der Waals surface area contributed by atoms with E-state index >= 15 is 0 Å². The number of benzene rings is 1. The largest absolute Gasteiger partial charge is 0.519 e. The maximum atomic E-state index is 10.6. The highest BCUT2D eigenvalue weighted by Crippen LogP contribution is 2.21. The molecule has 2 rings (SSSR count). The molecule has 0 aliphatic rings. The van der Waals surface area contributed by atoms with Crippen LogP contribution in [0, 0.1) is 0 Å². The molecule has 0 aliphatic heterocycles. The summed E-state index contributed by atoms with van der Waals surface area (Å²) >= 11 is 3.22. The van der Waals surface area contributed by atoms with Gasteiger partial charge in [-0.1, -0.05) is 6.07 Å². The highest BCUT2D eigenvalue weighted by Gasteiger charge is 2.04. The van der Waals surface area contributed by atoms with E-state index in [1.54, 1.807) is 18.2 Å². The monoisotopic (exact) mass is 214 g/mol. The quantitative estimate of drug-likeness (QED) is 0.676. The lowest BCUT2D eigenvalue weighted by Crippen LogP contribution is -1.84. The van der Waals surface area contributed by atoms with Crippen LogP contribution in [-0.4, -0.2) is 0 Å². The summed E-state index contributed by atoms with van der Waals surface area (Å²) in [6, 6.07) is 5.22. The van der Waals surface area contributed by atoms with Crippen molar-refractivity contribution < 1.29 is 8.83 Å². The van der Waals surface area contributed by atoms with Gasteiger partial charge in [-0.2, -0.15) is 0 Å². The summed E-state index contributed by atoms with van der Waals surface area (Å²) in [6.45, 7) is 0. The number of hydrogen-bond donors (Lipinski definition) is 0. The van der Waals surface area contributed by atoms with Gasteiger partial charge in [0.15, 0.2) is 11.2 Å². The van der Waals surface area contributed by atoms with Gasteiger partial charge in [0.2, 0.25) is 0 Å². The Morgan fingerprint density at radius 3 is 2.82 bits per heavy atom. The molecule has 4 heteroatoms. The minimum Gasteiger partial charge on any atom is -0.391 e. The van der Waals surface area contributed by atoms with Gasteiger partial charge in [-0.3, -0.25) is 0 Å². The van der Waals surface area contributed by atoms with Gasteiger partial charge < -0.3 is 8.83 Å². The second kappa shape index (κ2) is 2.23. The normalized spacial score (nSPS) is 10.6. The first kappa shape index (κ1) is 6.67. The van der Waals surface area contributed by atoms with E-state index in [-0.39, 0.29) is 0 Å². The zero-order chi connectivity index (χ0) is 7.84. The first-order valence-electron chi connectivity index (χ1n) is 2.95. The van der Waals surface area contributed by atoms with E-state index in [0.717, 1.165) is 4.47 Å². The molecule has 0 fully saturated rings. The highest BCUT2D eigenvalue weighted by atomic mass is 79.9. The van der Waals surface area contributed by atoms with Gasteiger partial charge in [0, 0.05) is 0 Å². The third kappa shape index (κ3) is 0.991. The molecule has 0 unspecified atom stereocenters. The SMILES string of the molecule is O=c1oc2cccc(Br)c2o1. The summed E-state index contributed by atoms with van der Waals surface area (Å²) in [5.74, 6) is -0.674. The van der Waals surface area contributed by atoms with E-state index < -0.39 is 5.82 Å². The van der Waals surface area contributed by atoms with Crippen molar-refractivity contribution in [1.82, 2.24) is 0 Å². The lowest BCUT2D eigenvalue weighted by Gasteiger charge is -1.85. The Morgan fingerprint density at radius 2 is 2.09 bits per heavy atom. The summed E-state index contributed by atoms with van der Waals surface area (Å²) in [6.07, 6.45) is 0. The molecular weight excluding hydrogens is 212 g/mol. The summed E-state index contributed by atoms with van der Waals surface area (Å²) in [7, 11) is 0. The summed E-state index contributed by atoms with van der Waals surface area (Å²) in [5, 5.41) is 0. The maximum absolute atomic E-state index is 10.6. The molecule has 0 saturated carbocycles. The van der Waals surface area contributed by atoms with E-state index in [2.05, 4.69) is 15.9 Å². The Hall–Kier alpha value is -1.03. The molecule has 0 atom stereocenters. The van der Waals surface area contributed by atoms with E-state index in [1.807, 2.05) is 0 Å². The van der Waals surface area contributed by atoms with Gasteiger partial charge in [0.05, 0.1) is 4.47 Å². The van der Waals surface area contributed by atoms with E-state index in [4.69, 9.17) is 8.83 Å². The lowest BCUT2D eigenvalue weighted by atomic mass is 10.3. The molecule has 11 heavy (non-hydrogen) atoms. The van der Waals surface area contributed by atoms with Crippen molar-refractivity contribution in [2.75, 3.05) is 0 Å². The Kier molecular flexibility index (Phi) is 1.35. The smallest absolute Gasteiger partial charge is 0.391 e. The van der Waals surface area contributed by atoms with Crippen LogP contribution in [0.3, 0.4) is 0 Å². The van der Waals surface area contributed by atoms with Crippen molar-refractivity contribution in [1.29, 1.82) is 0 Å². The molecule has 3 nitrogen and oxygen atoms in total. The minimum atomic E-state index is -0.674. The van der Waals surface area contributed by atoms with Gasteiger partial charge >= 0.3 is 5.82 Å². The summed E-state index contributed by atoms with van der Waals surface area (Å²) < 4.78 is 10.1. The fraction of sp³-hybridized carbons (Fsp3) is 0. The molecule has 0 amide bonds. The Morgan fingerprint density at radius 1 is 1.27 bits per heavy atom. The maximum Gasteiger partial charge on any atom is 0.519 e. The minimum absolute atomic E-state index is 0.456. The van der Waals surface area contributed by atoms with Crippen LogP contribution in [-0.2, 0) is 0 Å². The topological polar surface area (TPSA) is 43.4 Å². The van der Waals surface area contributed by atoms with Crippen molar-refractivity contribution in [2.24, 2.45) is 0 Å². The molecule has 0 N–H and O–H groups in total. The number of halogens is 1. The zero-order valence-electron chi connectivity index (χ0n) is 5.33. The molecule has 1 aromatic heterocycles. The van der Waals surface area contributed by atoms with Crippen LogP contribution >= 0.6 is 15.9 Å². The fourth-order valence-corrected chi connectivity index (χ4v) is 1.29. The average molecular weight is 215 g/mol. The average Bonchev–Trinajstić information content (AvgIpc) is 2.31. The Balaban J connectivity index is 3.01. The molecule has 1 aromatic carbocycles. The first-order chi connectivity index (χ1) is 5.27. The van der Waals surface area contributed by atoms with E-state index in [9.17, 15) is 4.79 Å². The number of rotatable bonds is 0. The lowest BCUT2D eigenvalue weighted by molar-refractivity contribution is 0.409. The van der Waals surface area contributed by atoms with Crippen LogP contribution in [0.1, 0.15) is 0 Å². The van der Waals surface area contributed by atoms with E-state index in [1.165, 1.54) is 0 Å². The molecule has 0 aliphatic carbocycles. The third-order valence-electron chi connectivity index (χ3n) is 1.31. The predicted molar refractivity (Wildman–Crippen MR) is 42.5 cm³/mol. The summed E-state index contributed by atoms with van der Waals surface area (Å²) in [4.78, 5) is 10.6. The van der Waals surface area contributed by atoms with Gasteiger partial charge in [0.25, 0.3) is 0 Å². The summed E-state index contributed by atoms with van der Waals surface area (Å²) in [5.41, 5.74) is 0.918. The van der Waals surface area contributed by atoms with Crippen molar-refractivity contribution in [2.45, 2.75) is 0 Å². The molecule has 2 aromatic rings. The second-order valence-electron chi connectivity index (χ2n) is 2.02. The van der Waals surface area contributed by atoms with Crippen molar-refractivity contribution in [3.8, 4) is 0 Å². The molecule has 0 bridgehead atoms. The van der Waals surface area contributed by atoms with Gasteiger partial charge in [-0.15, -0.1) is 0 Å². The van der Waals surface area contributed by atoms with Crippen molar-refractivity contribution in [3.05, 3.63) is 33.3 Å². The Bertz CT molecular complexity index is 440. The van der Waals surface area contributed by atoms with Crippen LogP contribution in [0.5, 0.6) is 0 Å². The van der Waals surface area contributed by atoms with Crippen LogP contribution in [0.15, 0.2) is 36.3 Å². The van der Waals surface area contributed by atoms with Gasteiger partial charge in [-0.25, -0.2) is 4.79 Å². The number of fused-ring (bicyclic) bond motifs is 1. The first-order valence-corrected chi connectivity index (χ1v) is 3.75. The molecular formula is C7H3BrO3. The zero-order valence-corrected chi connectivity index (χ0v) is 6.92. The third-order valence-corrected chi connectivity index (χ3v) is 1.93. The van der Waals surface area contributed by atoms with Gasteiger partial charge in [0.1, 0.15) is 0 Å². The molecule has 0 spiro atoms. The molecule has 0 saturated heterocycles. The standard InChI is InChI=1S/C7H3BrO3/c8-4-2-1-3-5-6(4)11-7(9)10-5/h1-3H.